The van der Waals surface area contributed by atoms with Crippen LogP contribution in [-0.4, -0.2) is 41.6 Å². The Labute approximate surface area is 199 Å². The zero-order chi connectivity index (χ0) is 24.5. The van der Waals surface area contributed by atoms with Gasteiger partial charge in [-0.15, -0.1) is 10.2 Å². The summed E-state index contributed by atoms with van der Waals surface area (Å²) in [4.78, 5) is 9.30. The molecule has 0 spiro atoms. The quantitative estimate of drug-likeness (QED) is 0.279. The Balaban J connectivity index is 1.62. The first kappa shape index (κ1) is 23.8. The number of aromatic nitrogens is 4. The molecule has 0 bridgehead atoms. The lowest BCUT2D eigenvalue weighted by Crippen LogP contribution is -2.11. The summed E-state index contributed by atoms with van der Waals surface area (Å²) in [5, 5.41) is 11.2. The minimum absolute atomic E-state index is 0.167. The van der Waals surface area contributed by atoms with E-state index >= 15 is 0 Å². The first-order valence-electron chi connectivity index (χ1n) is 10.8. The molecule has 0 aliphatic rings. The Hall–Kier alpha value is -3.31. The molecule has 0 aliphatic carbocycles. The molecule has 34 heavy (non-hydrogen) atoms. The van der Waals surface area contributed by atoms with Crippen LogP contribution in [0.5, 0.6) is 0 Å². The van der Waals surface area contributed by atoms with Gasteiger partial charge in [-0.1, -0.05) is 24.3 Å². The lowest BCUT2D eigenvalue weighted by atomic mass is 10.1. The molecule has 1 atom stereocenters. The molecular weight excluding hydrogens is 452 g/mol. The van der Waals surface area contributed by atoms with E-state index in [9.17, 15) is 9.11 Å². The number of anilines is 1. The van der Waals surface area contributed by atoms with Crippen LogP contribution in [0.25, 0.3) is 34.3 Å². The van der Waals surface area contributed by atoms with Crippen LogP contribution in [0.4, 0.5) is 5.82 Å². The molecule has 9 nitrogen and oxygen atoms in total. The van der Waals surface area contributed by atoms with Crippen molar-refractivity contribution in [1.82, 2.24) is 25.5 Å². The molecule has 1 unspecified atom stereocenters. The number of nitrogens with two attached hydrogens (primary N) is 1. The van der Waals surface area contributed by atoms with Crippen molar-refractivity contribution in [3.8, 4) is 34.3 Å². The molecule has 5 N–H and O–H groups in total. The Kier molecular flexibility index (Phi) is 6.67. The Bertz CT molecular complexity index is 1270. The second-order valence-electron chi connectivity index (χ2n) is 8.20. The predicted molar refractivity (Wildman–Crippen MR) is 134 cm³/mol. The maximum absolute atomic E-state index is 10.4. The first-order chi connectivity index (χ1) is 16.2. The number of benzene rings is 2. The van der Waals surface area contributed by atoms with Crippen LogP contribution in [0.3, 0.4) is 0 Å². The van der Waals surface area contributed by atoms with Crippen LogP contribution >= 0.6 is 10.6 Å². The summed E-state index contributed by atoms with van der Waals surface area (Å²) in [6.07, 6.45) is 1.55. The first-order valence-corrected chi connectivity index (χ1v) is 12.4. The number of nitrogen functional groups attached to an aromatic ring is 1. The van der Waals surface area contributed by atoms with Gasteiger partial charge in [-0.25, -0.2) is 9.97 Å². The fraction of sp³-hybridized carbons (Fsp3) is 0.250. The fourth-order valence-corrected chi connectivity index (χ4v) is 4.39. The minimum atomic E-state index is -2.86. The third kappa shape index (κ3) is 4.66. The molecule has 0 aliphatic heterocycles. The van der Waals surface area contributed by atoms with Crippen LogP contribution < -0.4 is 11.1 Å². The molecule has 10 heteroatoms. The van der Waals surface area contributed by atoms with Gasteiger partial charge in [-0.05, 0) is 57.6 Å². The highest BCUT2D eigenvalue weighted by Crippen LogP contribution is 2.52. The number of hydrogen-bond acceptors (Lipinski definition) is 9. The normalized spacial score (nSPS) is 13.3. The topological polar surface area (TPSA) is 143 Å². The molecule has 0 amide bonds. The zero-order valence-electron chi connectivity index (χ0n) is 19.4. The Morgan fingerprint density at radius 3 is 2.15 bits per heavy atom. The summed E-state index contributed by atoms with van der Waals surface area (Å²) in [5.74, 6) is 0.691. The predicted octanol–water partition coefficient (Wildman–Crippen LogP) is 5.24. The minimum Gasteiger partial charge on any atom is -0.414 e. The molecule has 2 aromatic heterocycles. The van der Waals surface area contributed by atoms with Gasteiger partial charge >= 0.3 is 0 Å². The van der Waals surface area contributed by atoms with Crippen molar-refractivity contribution in [3.05, 3.63) is 60.3 Å². The molecule has 0 fully saturated rings. The largest absolute Gasteiger partial charge is 0.414 e. The Morgan fingerprint density at radius 1 is 0.912 bits per heavy atom. The van der Waals surface area contributed by atoms with Gasteiger partial charge in [0.15, 0.2) is 11.5 Å². The smallest absolute Gasteiger partial charge is 0.270 e. The van der Waals surface area contributed by atoms with E-state index in [4.69, 9.17) is 10.2 Å². The van der Waals surface area contributed by atoms with Gasteiger partial charge in [0.25, 0.3) is 5.89 Å². The molecular formula is C24H28N6O3S. The zero-order valence-corrected chi connectivity index (χ0v) is 20.2. The summed E-state index contributed by atoms with van der Waals surface area (Å²) >= 11 is 0. The fourth-order valence-electron chi connectivity index (χ4n) is 3.31. The maximum atomic E-state index is 10.4. The van der Waals surface area contributed by atoms with Gasteiger partial charge in [-0.3, -0.25) is 9.11 Å². The van der Waals surface area contributed by atoms with Crippen molar-refractivity contribution >= 4 is 16.4 Å². The summed E-state index contributed by atoms with van der Waals surface area (Å²) in [6.45, 7) is 5.63. The van der Waals surface area contributed by atoms with Gasteiger partial charge in [0, 0.05) is 22.4 Å². The van der Waals surface area contributed by atoms with Crippen LogP contribution in [-0.2, 0) is 0 Å². The molecule has 4 aromatic rings. The van der Waals surface area contributed by atoms with E-state index in [-0.39, 0.29) is 28.7 Å². The van der Waals surface area contributed by atoms with Crippen LogP contribution in [0.15, 0.2) is 64.0 Å². The number of hydrogen-bond donors (Lipinski definition) is 4. The molecule has 0 saturated carbocycles. The SMILES string of the molecule is CNC(C)c1ccc(-c2nnc(-c3nc(-c4ccc(S(O)(O)C(C)C)cc4)cnc3N)o2)cc1. The highest BCUT2D eigenvalue weighted by molar-refractivity contribution is 8.24. The van der Waals surface area contributed by atoms with E-state index in [2.05, 4.69) is 32.4 Å². The standard InChI is InChI=1S/C24H28N6O3S/c1-14(2)34(31,32)19-11-9-17(10-12-19)20-13-27-22(25)21(28-20)24-30-29-23(33-24)18-7-5-16(6-8-18)15(3)26-4/h5-15,26,31-32H,1-4H3,(H2,25,27). The molecule has 2 heterocycles. The van der Waals surface area contributed by atoms with Gasteiger partial charge in [-0.2, -0.15) is 10.6 Å². The van der Waals surface area contributed by atoms with Crippen LogP contribution in [0.1, 0.15) is 32.4 Å². The van der Waals surface area contributed by atoms with E-state index in [0.717, 1.165) is 16.7 Å². The highest BCUT2D eigenvalue weighted by Gasteiger charge is 2.21. The Morgan fingerprint density at radius 2 is 1.53 bits per heavy atom. The van der Waals surface area contributed by atoms with Crippen LogP contribution in [0.2, 0.25) is 0 Å². The highest BCUT2D eigenvalue weighted by atomic mass is 32.3. The van der Waals surface area contributed by atoms with Gasteiger partial charge in [0.05, 0.1) is 16.8 Å². The second kappa shape index (κ2) is 9.51. The lowest BCUT2D eigenvalue weighted by Gasteiger charge is -2.36. The van der Waals surface area contributed by atoms with E-state index in [0.29, 0.717) is 16.5 Å². The van der Waals surface area contributed by atoms with Gasteiger partial charge in [0.1, 0.15) is 0 Å². The van der Waals surface area contributed by atoms with Crippen LogP contribution in [0, 0.1) is 0 Å². The van der Waals surface area contributed by atoms with E-state index < -0.39 is 10.6 Å². The number of rotatable bonds is 7. The van der Waals surface area contributed by atoms with Crippen molar-refractivity contribution in [1.29, 1.82) is 0 Å². The van der Waals surface area contributed by atoms with Crippen molar-refractivity contribution in [2.75, 3.05) is 12.8 Å². The van der Waals surface area contributed by atoms with Crippen molar-refractivity contribution < 1.29 is 13.5 Å². The van der Waals surface area contributed by atoms with Gasteiger partial charge < -0.3 is 15.5 Å². The summed E-state index contributed by atoms with van der Waals surface area (Å²) < 4.78 is 26.6. The number of nitrogens with one attached hydrogen (secondary N) is 1. The van der Waals surface area contributed by atoms with Gasteiger partial charge in [0.2, 0.25) is 5.89 Å². The average Bonchev–Trinajstić information content (AvgIpc) is 3.34. The molecule has 0 radical (unpaired) electrons. The molecule has 178 valence electrons. The second-order valence-corrected chi connectivity index (χ2v) is 10.8. The molecule has 2 aromatic carbocycles. The van der Waals surface area contributed by atoms with E-state index in [1.807, 2.05) is 31.3 Å². The third-order valence-corrected chi connectivity index (χ3v) is 7.95. The van der Waals surface area contributed by atoms with Crippen molar-refractivity contribution in [2.24, 2.45) is 0 Å². The van der Waals surface area contributed by atoms with Crippen molar-refractivity contribution in [3.63, 3.8) is 0 Å². The summed E-state index contributed by atoms with van der Waals surface area (Å²) in [5.41, 5.74) is 9.56. The lowest BCUT2D eigenvalue weighted by molar-refractivity contribution is 0.476. The molecule has 4 rings (SSSR count). The van der Waals surface area contributed by atoms with E-state index in [1.165, 1.54) is 0 Å². The maximum Gasteiger partial charge on any atom is 0.270 e. The summed E-state index contributed by atoms with van der Waals surface area (Å²) in [6, 6.07) is 15.0. The molecule has 0 saturated heterocycles. The van der Waals surface area contributed by atoms with Crippen molar-refractivity contribution in [2.45, 2.75) is 37.0 Å². The monoisotopic (exact) mass is 480 g/mol. The number of nitrogens with zero attached hydrogens (tertiary/aromatic N) is 4. The average molecular weight is 481 g/mol. The summed E-state index contributed by atoms with van der Waals surface area (Å²) in [7, 11) is -0.947. The third-order valence-electron chi connectivity index (χ3n) is 5.67. The van der Waals surface area contributed by atoms with E-state index in [1.54, 1.807) is 44.3 Å².